The van der Waals surface area contributed by atoms with Gasteiger partial charge in [0.1, 0.15) is 17.2 Å². The molecule has 2 aromatic carbocycles. The molecule has 0 fully saturated rings. The SMILES string of the molecule is COc1cccc(-c2cn(Cc3c(F)cccc3C(F)(F)F)c(=O)n(C[C@@H](CC(C)C)NC(=O)OC(C)(C)C)c2=O)c1Cl. The molecule has 0 saturated heterocycles. The van der Waals surface area contributed by atoms with Crippen LogP contribution in [0.4, 0.5) is 22.4 Å². The Balaban J connectivity index is 2.25. The highest BCUT2D eigenvalue weighted by atomic mass is 35.5. The Kier molecular flexibility index (Phi) is 10.4. The van der Waals surface area contributed by atoms with E-state index in [9.17, 15) is 31.9 Å². The second-order valence-electron chi connectivity index (χ2n) is 11.4. The first-order valence-electron chi connectivity index (χ1n) is 13.4. The molecule has 0 spiro atoms. The molecule has 1 heterocycles. The van der Waals surface area contributed by atoms with Gasteiger partial charge in [-0.05, 0) is 51.3 Å². The highest BCUT2D eigenvalue weighted by Crippen LogP contribution is 2.35. The zero-order valence-corrected chi connectivity index (χ0v) is 25.4. The maximum atomic E-state index is 14.8. The third-order valence-corrected chi connectivity index (χ3v) is 6.73. The molecule has 3 aromatic rings. The van der Waals surface area contributed by atoms with E-state index in [1.807, 2.05) is 13.8 Å². The Hall–Kier alpha value is -3.80. The first-order valence-corrected chi connectivity index (χ1v) is 13.8. The number of halogens is 5. The summed E-state index contributed by atoms with van der Waals surface area (Å²) in [4.78, 5) is 40.2. The van der Waals surface area contributed by atoms with Crippen LogP contribution in [-0.4, -0.2) is 34.0 Å². The van der Waals surface area contributed by atoms with Gasteiger partial charge in [0.05, 0.1) is 42.4 Å². The number of carbonyl (C=O) groups excluding carboxylic acids is 1. The predicted octanol–water partition coefficient (Wildman–Crippen LogP) is 6.48. The fourth-order valence-corrected chi connectivity index (χ4v) is 4.89. The molecule has 0 saturated carbocycles. The Morgan fingerprint density at radius 1 is 1.05 bits per heavy atom. The monoisotopic (exact) mass is 627 g/mol. The quantitative estimate of drug-likeness (QED) is 0.274. The molecule has 3 rings (SSSR count). The number of nitrogens with one attached hydrogen (secondary N) is 1. The van der Waals surface area contributed by atoms with E-state index in [4.69, 9.17) is 21.1 Å². The first-order chi connectivity index (χ1) is 19.9. The van der Waals surface area contributed by atoms with Gasteiger partial charge in [-0.3, -0.25) is 13.9 Å². The first kappa shape index (κ1) is 33.7. The van der Waals surface area contributed by atoms with E-state index in [0.29, 0.717) is 12.5 Å². The number of hydrogen-bond donors (Lipinski definition) is 1. The molecule has 0 unspecified atom stereocenters. The molecule has 0 aliphatic heterocycles. The maximum absolute atomic E-state index is 14.8. The van der Waals surface area contributed by atoms with Gasteiger partial charge >= 0.3 is 18.0 Å². The third-order valence-electron chi connectivity index (χ3n) is 6.34. The molecule has 0 aliphatic rings. The van der Waals surface area contributed by atoms with Crippen molar-refractivity contribution in [2.75, 3.05) is 7.11 Å². The van der Waals surface area contributed by atoms with E-state index in [2.05, 4.69) is 5.32 Å². The summed E-state index contributed by atoms with van der Waals surface area (Å²) in [6.45, 7) is 7.56. The number of alkyl carbamates (subject to hydrolysis) is 1. The molecule has 0 radical (unpaired) electrons. The van der Waals surface area contributed by atoms with Crippen LogP contribution < -0.4 is 21.3 Å². The molecule has 13 heteroatoms. The summed E-state index contributed by atoms with van der Waals surface area (Å²) >= 11 is 6.49. The smallest absolute Gasteiger partial charge is 0.416 e. The minimum atomic E-state index is -4.91. The highest BCUT2D eigenvalue weighted by Gasteiger charge is 2.35. The van der Waals surface area contributed by atoms with Gasteiger partial charge in [0, 0.05) is 17.3 Å². The van der Waals surface area contributed by atoms with Crippen molar-refractivity contribution in [1.82, 2.24) is 14.5 Å². The van der Waals surface area contributed by atoms with Gasteiger partial charge in [0.15, 0.2) is 0 Å². The van der Waals surface area contributed by atoms with Crippen LogP contribution in [0.2, 0.25) is 5.02 Å². The fourth-order valence-electron chi connectivity index (χ4n) is 4.59. The topological polar surface area (TPSA) is 91.6 Å². The molecular formula is C30H34ClF4N3O5. The van der Waals surface area contributed by atoms with Gasteiger partial charge in [0.25, 0.3) is 5.56 Å². The van der Waals surface area contributed by atoms with E-state index < -0.39 is 58.7 Å². The van der Waals surface area contributed by atoms with Gasteiger partial charge in [-0.15, -0.1) is 0 Å². The van der Waals surface area contributed by atoms with Crippen LogP contribution in [0.15, 0.2) is 52.2 Å². The molecule has 8 nitrogen and oxygen atoms in total. The lowest BCUT2D eigenvalue weighted by atomic mass is 10.0. The van der Waals surface area contributed by atoms with Crippen molar-refractivity contribution in [3.63, 3.8) is 0 Å². The average Bonchev–Trinajstić information content (AvgIpc) is 2.87. The summed E-state index contributed by atoms with van der Waals surface area (Å²) in [6.07, 6.45) is -4.32. The number of nitrogens with zero attached hydrogens (tertiary/aromatic N) is 2. The van der Waals surface area contributed by atoms with E-state index in [1.165, 1.54) is 13.2 Å². The number of aromatic nitrogens is 2. The molecule has 0 bridgehead atoms. The molecular weight excluding hydrogens is 594 g/mol. The van der Waals surface area contributed by atoms with Crippen LogP contribution in [0.5, 0.6) is 5.75 Å². The molecule has 43 heavy (non-hydrogen) atoms. The molecule has 1 N–H and O–H groups in total. The van der Waals surface area contributed by atoms with Crippen molar-refractivity contribution < 1.29 is 31.8 Å². The van der Waals surface area contributed by atoms with Gasteiger partial charge in [0.2, 0.25) is 0 Å². The van der Waals surface area contributed by atoms with Crippen molar-refractivity contribution in [3.05, 3.63) is 85.4 Å². The van der Waals surface area contributed by atoms with Crippen molar-refractivity contribution in [2.45, 2.75) is 71.9 Å². The highest BCUT2D eigenvalue weighted by molar-refractivity contribution is 6.34. The Morgan fingerprint density at radius 2 is 1.70 bits per heavy atom. The molecule has 234 valence electrons. The van der Waals surface area contributed by atoms with Crippen LogP contribution in [0.3, 0.4) is 0 Å². The Morgan fingerprint density at radius 3 is 2.28 bits per heavy atom. The lowest BCUT2D eigenvalue weighted by Gasteiger charge is -2.25. The number of carbonyl (C=O) groups is 1. The normalized spacial score (nSPS) is 12.7. The van der Waals surface area contributed by atoms with Crippen LogP contribution >= 0.6 is 11.6 Å². The zero-order valence-electron chi connectivity index (χ0n) is 24.6. The standard InChI is InChI=1S/C30H34ClF4N3O5/c1-17(2)13-18(36-27(40)43-29(3,4)5)14-38-26(39)20(19-9-7-12-24(42-6)25(19)31)15-37(28(38)41)16-21-22(30(33,34)35)10-8-11-23(21)32/h7-12,15,17-18H,13-14,16H2,1-6H3,(H,36,40)/t18-/m1/s1. The second-order valence-corrected chi connectivity index (χ2v) is 11.8. The van der Waals surface area contributed by atoms with Crippen molar-refractivity contribution in [3.8, 4) is 16.9 Å². The summed E-state index contributed by atoms with van der Waals surface area (Å²) < 4.78 is 68.4. The van der Waals surface area contributed by atoms with Crippen LogP contribution in [-0.2, 0) is 24.0 Å². The number of benzene rings is 2. The van der Waals surface area contributed by atoms with Gasteiger partial charge in [-0.25, -0.2) is 14.0 Å². The lowest BCUT2D eigenvalue weighted by molar-refractivity contribution is -0.138. The summed E-state index contributed by atoms with van der Waals surface area (Å²) in [5.74, 6) is -0.966. The third kappa shape index (κ3) is 8.40. The molecule has 1 amide bonds. The summed E-state index contributed by atoms with van der Waals surface area (Å²) in [6, 6.07) is 6.27. The van der Waals surface area contributed by atoms with E-state index in [0.717, 1.165) is 27.5 Å². The number of methoxy groups -OCH3 is 1. The second kappa shape index (κ2) is 13.2. The van der Waals surface area contributed by atoms with Crippen LogP contribution in [0, 0.1) is 11.7 Å². The van der Waals surface area contributed by atoms with E-state index >= 15 is 0 Å². The van der Waals surface area contributed by atoms with Crippen LogP contribution in [0.25, 0.3) is 11.1 Å². The average molecular weight is 628 g/mol. The van der Waals surface area contributed by atoms with Crippen molar-refractivity contribution >= 4 is 17.7 Å². The Bertz CT molecular complexity index is 1590. The van der Waals surface area contributed by atoms with Crippen molar-refractivity contribution in [2.24, 2.45) is 5.92 Å². The number of hydrogen-bond acceptors (Lipinski definition) is 5. The van der Waals surface area contributed by atoms with E-state index in [1.54, 1.807) is 32.9 Å². The summed E-state index contributed by atoms with van der Waals surface area (Å²) in [5.41, 5.74) is -4.70. The van der Waals surface area contributed by atoms with Gasteiger partial charge < -0.3 is 14.8 Å². The number of rotatable bonds is 9. The minimum absolute atomic E-state index is 0.00151. The van der Waals surface area contributed by atoms with E-state index in [-0.39, 0.29) is 34.4 Å². The predicted molar refractivity (Wildman–Crippen MR) is 155 cm³/mol. The lowest BCUT2D eigenvalue weighted by Crippen LogP contribution is -2.48. The maximum Gasteiger partial charge on any atom is 0.416 e. The molecule has 1 atom stereocenters. The summed E-state index contributed by atoms with van der Waals surface area (Å²) in [5, 5.41) is 2.70. The molecule has 1 aromatic heterocycles. The largest absolute Gasteiger partial charge is 0.495 e. The van der Waals surface area contributed by atoms with Crippen LogP contribution in [0.1, 0.15) is 52.2 Å². The van der Waals surface area contributed by atoms with Crippen molar-refractivity contribution in [1.29, 1.82) is 0 Å². The number of alkyl halides is 3. The summed E-state index contributed by atoms with van der Waals surface area (Å²) in [7, 11) is 1.36. The zero-order chi connectivity index (χ0) is 32.3. The van der Waals surface area contributed by atoms with Gasteiger partial charge in [-0.1, -0.05) is 43.6 Å². The minimum Gasteiger partial charge on any atom is -0.495 e. The Labute approximate surface area is 251 Å². The molecule has 0 aliphatic carbocycles. The number of ether oxygens (including phenoxy) is 2. The number of amides is 1. The fraction of sp³-hybridized carbons (Fsp3) is 0.433. The van der Waals surface area contributed by atoms with Gasteiger partial charge in [-0.2, -0.15) is 13.2 Å².